The normalized spacial score (nSPS) is 20.4. The highest BCUT2D eigenvalue weighted by molar-refractivity contribution is 6.30. The molecule has 0 aromatic heterocycles. The number of ether oxygens (including phenoxy) is 1. The SMILES string of the molecule is CC(C)(O)C1Cc2cc(Cl)ccc2O1. The highest BCUT2D eigenvalue weighted by Gasteiger charge is 2.34. The third-order valence-electron chi connectivity index (χ3n) is 2.49. The van der Waals surface area contributed by atoms with Crippen molar-refractivity contribution in [2.24, 2.45) is 0 Å². The third-order valence-corrected chi connectivity index (χ3v) is 2.72. The van der Waals surface area contributed by atoms with Crippen molar-refractivity contribution in [1.29, 1.82) is 0 Å². The van der Waals surface area contributed by atoms with E-state index in [4.69, 9.17) is 16.3 Å². The molecule has 76 valence electrons. The molecule has 1 heterocycles. The second-order valence-electron chi connectivity index (χ2n) is 4.22. The maximum absolute atomic E-state index is 9.80. The molecule has 0 radical (unpaired) electrons. The number of aliphatic hydroxyl groups is 1. The first kappa shape index (κ1) is 9.81. The lowest BCUT2D eigenvalue weighted by Gasteiger charge is -2.24. The summed E-state index contributed by atoms with van der Waals surface area (Å²) < 4.78 is 5.62. The van der Waals surface area contributed by atoms with Gasteiger partial charge in [0.15, 0.2) is 0 Å². The van der Waals surface area contributed by atoms with E-state index in [0.29, 0.717) is 5.02 Å². The average Bonchev–Trinajstić information content (AvgIpc) is 2.45. The monoisotopic (exact) mass is 212 g/mol. The average molecular weight is 213 g/mol. The molecule has 1 aliphatic heterocycles. The standard InChI is InChI=1S/C11H13ClO2/c1-11(2,13)10-6-7-5-8(12)3-4-9(7)14-10/h3-5,10,13H,6H2,1-2H3. The van der Waals surface area contributed by atoms with Crippen LogP contribution in [0.4, 0.5) is 0 Å². The van der Waals surface area contributed by atoms with E-state index >= 15 is 0 Å². The zero-order valence-electron chi connectivity index (χ0n) is 8.25. The van der Waals surface area contributed by atoms with Gasteiger partial charge in [-0.15, -0.1) is 0 Å². The van der Waals surface area contributed by atoms with Crippen molar-refractivity contribution < 1.29 is 9.84 Å². The molecule has 1 unspecified atom stereocenters. The third kappa shape index (κ3) is 1.72. The molecule has 1 aromatic carbocycles. The fourth-order valence-electron chi connectivity index (χ4n) is 1.61. The van der Waals surface area contributed by atoms with Crippen LogP contribution in [0.3, 0.4) is 0 Å². The zero-order valence-corrected chi connectivity index (χ0v) is 9.01. The van der Waals surface area contributed by atoms with E-state index in [1.54, 1.807) is 19.9 Å². The van der Waals surface area contributed by atoms with E-state index in [1.165, 1.54) is 0 Å². The summed E-state index contributed by atoms with van der Waals surface area (Å²) in [6.07, 6.45) is 0.551. The van der Waals surface area contributed by atoms with Gasteiger partial charge in [0.25, 0.3) is 0 Å². The van der Waals surface area contributed by atoms with Crippen LogP contribution >= 0.6 is 11.6 Å². The summed E-state index contributed by atoms with van der Waals surface area (Å²) in [5.41, 5.74) is 0.260. The molecule has 0 saturated heterocycles. The lowest BCUT2D eigenvalue weighted by molar-refractivity contribution is -0.0229. The van der Waals surface area contributed by atoms with E-state index in [9.17, 15) is 5.11 Å². The van der Waals surface area contributed by atoms with Crippen LogP contribution < -0.4 is 4.74 Å². The topological polar surface area (TPSA) is 29.5 Å². The van der Waals surface area contributed by atoms with E-state index in [1.807, 2.05) is 12.1 Å². The van der Waals surface area contributed by atoms with Gasteiger partial charge >= 0.3 is 0 Å². The molecule has 0 amide bonds. The van der Waals surface area contributed by atoms with Gasteiger partial charge in [0.2, 0.25) is 0 Å². The molecule has 0 fully saturated rings. The van der Waals surface area contributed by atoms with Gasteiger partial charge in [-0.2, -0.15) is 0 Å². The predicted molar refractivity (Wildman–Crippen MR) is 55.9 cm³/mol. The summed E-state index contributed by atoms with van der Waals surface area (Å²) in [5, 5.41) is 10.5. The number of halogens is 1. The van der Waals surface area contributed by atoms with Crippen molar-refractivity contribution >= 4 is 11.6 Å². The van der Waals surface area contributed by atoms with Gasteiger partial charge in [-0.1, -0.05) is 11.6 Å². The van der Waals surface area contributed by atoms with E-state index in [2.05, 4.69) is 0 Å². The minimum absolute atomic E-state index is 0.170. The Labute approximate surface area is 88.5 Å². The summed E-state index contributed by atoms with van der Waals surface area (Å²) in [7, 11) is 0. The highest BCUT2D eigenvalue weighted by atomic mass is 35.5. The summed E-state index contributed by atoms with van der Waals surface area (Å²) in [6.45, 7) is 3.51. The van der Waals surface area contributed by atoms with Crippen molar-refractivity contribution in [1.82, 2.24) is 0 Å². The second kappa shape index (κ2) is 3.14. The molecule has 2 nitrogen and oxygen atoms in total. The van der Waals surface area contributed by atoms with Gasteiger partial charge in [-0.3, -0.25) is 0 Å². The van der Waals surface area contributed by atoms with E-state index in [-0.39, 0.29) is 6.10 Å². The number of benzene rings is 1. The Morgan fingerprint density at radius 2 is 2.21 bits per heavy atom. The first-order valence-electron chi connectivity index (χ1n) is 4.64. The Hall–Kier alpha value is -0.730. The molecule has 0 bridgehead atoms. The van der Waals surface area contributed by atoms with Gasteiger partial charge in [-0.05, 0) is 37.6 Å². The summed E-state index contributed by atoms with van der Waals surface area (Å²) in [6, 6.07) is 5.54. The predicted octanol–water partition coefficient (Wildman–Crippen LogP) is 2.41. The Bertz CT molecular complexity index is 355. The maximum Gasteiger partial charge on any atom is 0.131 e. The summed E-state index contributed by atoms with van der Waals surface area (Å²) in [4.78, 5) is 0. The molecule has 1 aromatic rings. The van der Waals surface area contributed by atoms with Crippen LogP contribution in [0.25, 0.3) is 0 Å². The molecule has 3 heteroatoms. The molecule has 1 N–H and O–H groups in total. The Kier molecular flexibility index (Phi) is 2.20. The van der Waals surface area contributed by atoms with Crippen molar-refractivity contribution in [3.8, 4) is 5.75 Å². The summed E-state index contributed by atoms with van der Waals surface area (Å²) >= 11 is 5.87. The minimum atomic E-state index is -0.814. The molecule has 0 spiro atoms. The first-order chi connectivity index (χ1) is 6.47. The molecule has 1 atom stereocenters. The zero-order chi connectivity index (χ0) is 10.3. The van der Waals surface area contributed by atoms with Crippen LogP contribution in [0.2, 0.25) is 5.02 Å². The number of fused-ring (bicyclic) bond motifs is 1. The molecule has 0 saturated carbocycles. The van der Waals surface area contributed by atoms with Crippen molar-refractivity contribution in [2.45, 2.75) is 32.0 Å². The lowest BCUT2D eigenvalue weighted by atomic mass is 9.97. The van der Waals surface area contributed by atoms with Crippen LogP contribution in [0.1, 0.15) is 19.4 Å². The van der Waals surface area contributed by atoms with Crippen LogP contribution in [0, 0.1) is 0 Å². The van der Waals surface area contributed by atoms with E-state index < -0.39 is 5.60 Å². The van der Waals surface area contributed by atoms with Crippen molar-refractivity contribution in [3.63, 3.8) is 0 Å². The van der Waals surface area contributed by atoms with Crippen LogP contribution in [0.5, 0.6) is 5.75 Å². The largest absolute Gasteiger partial charge is 0.487 e. The Morgan fingerprint density at radius 1 is 1.50 bits per heavy atom. The molecule has 2 rings (SSSR count). The smallest absolute Gasteiger partial charge is 0.131 e. The van der Waals surface area contributed by atoms with Crippen LogP contribution in [-0.2, 0) is 6.42 Å². The number of hydrogen-bond donors (Lipinski definition) is 1. The van der Waals surface area contributed by atoms with Crippen LogP contribution in [0.15, 0.2) is 18.2 Å². The van der Waals surface area contributed by atoms with Gasteiger partial charge in [-0.25, -0.2) is 0 Å². The molecule has 0 aliphatic carbocycles. The van der Waals surface area contributed by atoms with Gasteiger partial charge in [0, 0.05) is 11.4 Å². The van der Waals surface area contributed by atoms with Gasteiger partial charge in [0.1, 0.15) is 11.9 Å². The quantitative estimate of drug-likeness (QED) is 0.775. The molecule has 14 heavy (non-hydrogen) atoms. The van der Waals surface area contributed by atoms with Crippen molar-refractivity contribution in [3.05, 3.63) is 28.8 Å². The van der Waals surface area contributed by atoms with E-state index in [0.717, 1.165) is 17.7 Å². The fourth-order valence-corrected chi connectivity index (χ4v) is 1.81. The van der Waals surface area contributed by atoms with Gasteiger partial charge < -0.3 is 9.84 Å². The highest BCUT2D eigenvalue weighted by Crippen LogP contribution is 2.34. The lowest BCUT2D eigenvalue weighted by Crippen LogP contribution is -2.39. The number of rotatable bonds is 1. The van der Waals surface area contributed by atoms with Crippen molar-refractivity contribution in [2.75, 3.05) is 0 Å². The minimum Gasteiger partial charge on any atom is -0.487 e. The van der Waals surface area contributed by atoms with Gasteiger partial charge in [0.05, 0.1) is 5.60 Å². The first-order valence-corrected chi connectivity index (χ1v) is 5.02. The molecule has 1 aliphatic rings. The fraction of sp³-hybridized carbons (Fsp3) is 0.455. The molecular weight excluding hydrogens is 200 g/mol. The Morgan fingerprint density at radius 3 is 2.86 bits per heavy atom. The summed E-state index contributed by atoms with van der Waals surface area (Å²) in [5.74, 6) is 0.835. The second-order valence-corrected chi connectivity index (χ2v) is 4.65. The maximum atomic E-state index is 9.80. The Balaban J connectivity index is 2.26. The number of hydrogen-bond acceptors (Lipinski definition) is 2. The van der Waals surface area contributed by atoms with Crippen LogP contribution in [-0.4, -0.2) is 16.8 Å². The molecular formula is C11H13ClO2.